The Morgan fingerprint density at radius 1 is 1.25 bits per heavy atom. The molecule has 2 amide bonds. The van der Waals surface area contributed by atoms with E-state index in [9.17, 15) is 26.8 Å². The summed E-state index contributed by atoms with van der Waals surface area (Å²) < 4.78 is 52.0. The predicted molar refractivity (Wildman–Crippen MR) is 62.9 cm³/mol. The summed E-state index contributed by atoms with van der Waals surface area (Å²) in [6, 6.07) is 0.821. The molecule has 1 aliphatic rings. The van der Waals surface area contributed by atoms with Crippen LogP contribution in [0, 0.1) is 11.6 Å². The van der Waals surface area contributed by atoms with Gasteiger partial charge in [0, 0.05) is 12.5 Å². The van der Waals surface area contributed by atoms with Crippen LogP contribution in [-0.4, -0.2) is 26.3 Å². The zero-order valence-electron chi connectivity index (χ0n) is 10.0. The molecule has 1 atom stereocenters. The molecule has 1 aromatic carbocycles. The fourth-order valence-electron chi connectivity index (χ4n) is 1.75. The molecule has 1 saturated heterocycles. The van der Waals surface area contributed by atoms with Gasteiger partial charge in [0.2, 0.25) is 21.8 Å². The monoisotopic (exact) mass is 304 g/mol. The van der Waals surface area contributed by atoms with E-state index in [-0.39, 0.29) is 12.8 Å². The van der Waals surface area contributed by atoms with Gasteiger partial charge in [-0.3, -0.25) is 14.9 Å². The molecule has 20 heavy (non-hydrogen) atoms. The van der Waals surface area contributed by atoms with Crippen LogP contribution in [0.1, 0.15) is 12.8 Å². The van der Waals surface area contributed by atoms with Gasteiger partial charge in [-0.15, -0.1) is 0 Å². The van der Waals surface area contributed by atoms with E-state index in [1.54, 1.807) is 0 Å². The summed E-state index contributed by atoms with van der Waals surface area (Å²) in [5, 5.41) is 1.97. The minimum Gasteiger partial charge on any atom is -0.295 e. The van der Waals surface area contributed by atoms with Crippen molar-refractivity contribution in [1.29, 1.82) is 0 Å². The molecule has 2 N–H and O–H groups in total. The number of piperidine rings is 1. The van der Waals surface area contributed by atoms with Crippen LogP contribution < -0.4 is 10.0 Å². The molecule has 1 fully saturated rings. The second kappa shape index (κ2) is 5.25. The summed E-state index contributed by atoms with van der Waals surface area (Å²) in [7, 11) is -4.32. The van der Waals surface area contributed by atoms with Crippen molar-refractivity contribution in [3.05, 3.63) is 29.8 Å². The molecule has 0 saturated carbocycles. The first kappa shape index (κ1) is 14.5. The maximum Gasteiger partial charge on any atom is 0.244 e. The van der Waals surface area contributed by atoms with Gasteiger partial charge in [-0.05, 0) is 18.6 Å². The van der Waals surface area contributed by atoms with Crippen molar-refractivity contribution in [1.82, 2.24) is 10.0 Å². The van der Waals surface area contributed by atoms with Crippen molar-refractivity contribution in [3.8, 4) is 0 Å². The van der Waals surface area contributed by atoms with Crippen molar-refractivity contribution < 1.29 is 26.8 Å². The molecule has 1 unspecified atom stereocenters. The van der Waals surface area contributed by atoms with Gasteiger partial charge >= 0.3 is 0 Å². The second-order valence-electron chi connectivity index (χ2n) is 4.20. The number of rotatable bonds is 3. The van der Waals surface area contributed by atoms with Crippen LogP contribution in [0.25, 0.3) is 0 Å². The van der Waals surface area contributed by atoms with Crippen molar-refractivity contribution in [2.24, 2.45) is 0 Å². The molecule has 0 radical (unpaired) electrons. The highest BCUT2D eigenvalue weighted by molar-refractivity contribution is 7.89. The molecule has 0 spiro atoms. The highest BCUT2D eigenvalue weighted by Gasteiger charge is 2.31. The standard InChI is InChI=1S/C11H10F2N2O4S/c12-6-1-3-9(7(13)5-6)20(18,19)15-8-2-4-10(16)14-11(8)17/h1,3,5,8,15H,2,4H2,(H,14,16,17). The first-order valence-corrected chi connectivity index (χ1v) is 7.09. The lowest BCUT2D eigenvalue weighted by molar-refractivity contribution is -0.134. The van der Waals surface area contributed by atoms with Gasteiger partial charge in [0.1, 0.15) is 22.6 Å². The zero-order chi connectivity index (χ0) is 14.9. The molecule has 6 nitrogen and oxygen atoms in total. The maximum atomic E-state index is 13.4. The average molecular weight is 304 g/mol. The van der Waals surface area contributed by atoms with Crippen molar-refractivity contribution >= 4 is 21.8 Å². The highest BCUT2D eigenvalue weighted by atomic mass is 32.2. The van der Waals surface area contributed by atoms with Crippen LogP contribution >= 0.6 is 0 Å². The van der Waals surface area contributed by atoms with Crippen LogP contribution in [0.4, 0.5) is 8.78 Å². The van der Waals surface area contributed by atoms with Crippen LogP contribution in [0.5, 0.6) is 0 Å². The van der Waals surface area contributed by atoms with E-state index >= 15 is 0 Å². The molecule has 1 aromatic rings. The summed E-state index contributed by atoms with van der Waals surface area (Å²) in [6.07, 6.45) is -0.0441. The molecule has 1 aliphatic heterocycles. The highest BCUT2D eigenvalue weighted by Crippen LogP contribution is 2.17. The van der Waals surface area contributed by atoms with E-state index in [1.165, 1.54) is 0 Å². The summed E-state index contributed by atoms with van der Waals surface area (Å²) in [5.74, 6) is -3.47. The Labute approximate surface area is 113 Å². The molecule has 9 heteroatoms. The topological polar surface area (TPSA) is 92.3 Å². The van der Waals surface area contributed by atoms with E-state index in [2.05, 4.69) is 0 Å². The van der Waals surface area contributed by atoms with E-state index in [4.69, 9.17) is 0 Å². The van der Waals surface area contributed by atoms with Gasteiger partial charge in [-0.2, -0.15) is 4.72 Å². The Morgan fingerprint density at radius 3 is 2.55 bits per heavy atom. The lowest BCUT2D eigenvalue weighted by Gasteiger charge is -2.21. The van der Waals surface area contributed by atoms with Crippen LogP contribution in [0.3, 0.4) is 0 Å². The molecule has 2 rings (SSSR count). The quantitative estimate of drug-likeness (QED) is 0.772. The number of hydrogen-bond acceptors (Lipinski definition) is 4. The van der Waals surface area contributed by atoms with Crippen LogP contribution in [0.2, 0.25) is 0 Å². The Balaban J connectivity index is 2.23. The Hall–Kier alpha value is -1.87. The number of carbonyl (C=O) groups excluding carboxylic acids is 2. The number of carbonyl (C=O) groups is 2. The lowest BCUT2D eigenvalue weighted by atomic mass is 10.1. The first-order valence-electron chi connectivity index (χ1n) is 5.60. The van der Waals surface area contributed by atoms with Crippen molar-refractivity contribution in [2.45, 2.75) is 23.8 Å². The fraction of sp³-hybridized carbons (Fsp3) is 0.273. The molecule has 0 aromatic heterocycles. The predicted octanol–water partition coefficient (Wildman–Crippen LogP) is 0.0483. The lowest BCUT2D eigenvalue weighted by Crippen LogP contribution is -2.52. The normalized spacial score (nSPS) is 19.8. The van der Waals surface area contributed by atoms with Crippen molar-refractivity contribution in [3.63, 3.8) is 0 Å². The summed E-state index contributed by atoms with van der Waals surface area (Å²) in [4.78, 5) is 21.6. The summed E-state index contributed by atoms with van der Waals surface area (Å²) >= 11 is 0. The van der Waals surface area contributed by atoms with E-state index in [1.807, 2.05) is 10.0 Å². The van der Waals surface area contributed by atoms with Gasteiger partial charge in [0.15, 0.2) is 0 Å². The van der Waals surface area contributed by atoms with E-state index in [0.29, 0.717) is 6.07 Å². The third-order valence-electron chi connectivity index (χ3n) is 2.72. The molecular formula is C11H10F2N2O4S. The number of benzene rings is 1. The number of nitrogens with one attached hydrogen (secondary N) is 2. The number of halogens is 2. The van der Waals surface area contributed by atoms with Gasteiger partial charge in [0.05, 0.1) is 0 Å². The largest absolute Gasteiger partial charge is 0.295 e. The zero-order valence-corrected chi connectivity index (χ0v) is 10.8. The van der Waals surface area contributed by atoms with E-state index in [0.717, 1.165) is 12.1 Å². The van der Waals surface area contributed by atoms with Crippen LogP contribution in [-0.2, 0) is 19.6 Å². The Kier molecular flexibility index (Phi) is 3.82. The smallest absolute Gasteiger partial charge is 0.244 e. The average Bonchev–Trinajstić information content (AvgIpc) is 2.32. The van der Waals surface area contributed by atoms with E-state index < -0.39 is 44.4 Å². The Morgan fingerprint density at radius 2 is 1.95 bits per heavy atom. The molecule has 108 valence electrons. The third kappa shape index (κ3) is 2.99. The minimum atomic E-state index is -4.32. The summed E-state index contributed by atoms with van der Waals surface area (Å²) in [6.45, 7) is 0. The Bertz CT molecular complexity index is 675. The van der Waals surface area contributed by atoms with Gasteiger partial charge in [0.25, 0.3) is 0 Å². The maximum absolute atomic E-state index is 13.4. The summed E-state index contributed by atoms with van der Waals surface area (Å²) in [5.41, 5.74) is 0. The fourth-order valence-corrected chi connectivity index (χ4v) is 3.04. The third-order valence-corrected chi connectivity index (χ3v) is 4.22. The molecule has 0 bridgehead atoms. The van der Waals surface area contributed by atoms with Gasteiger partial charge < -0.3 is 0 Å². The first-order chi connectivity index (χ1) is 9.29. The van der Waals surface area contributed by atoms with Gasteiger partial charge in [-0.25, -0.2) is 17.2 Å². The van der Waals surface area contributed by atoms with Crippen molar-refractivity contribution in [2.75, 3.05) is 0 Å². The number of sulfonamides is 1. The van der Waals surface area contributed by atoms with Gasteiger partial charge in [-0.1, -0.05) is 0 Å². The number of imide groups is 1. The second-order valence-corrected chi connectivity index (χ2v) is 5.88. The SMILES string of the molecule is O=C1CCC(NS(=O)(=O)c2ccc(F)cc2F)C(=O)N1. The molecule has 0 aliphatic carbocycles. The minimum absolute atomic E-state index is 0.0211. The molecular weight excluding hydrogens is 294 g/mol. The molecule has 1 heterocycles. The number of amides is 2. The van der Waals surface area contributed by atoms with Crippen LogP contribution in [0.15, 0.2) is 23.1 Å². The number of hydrogen-bond donors (Lipinski definition) is 2.